The number of furan rings is 1. The van der Waals surface area contributed by atoms with E-state index < -0.39 is 5.91 Å². The summed E-state index contributed by atoms with van der Waals surface area (Å²) in [5, 5.41) is 0. The van der Waals surface area contributed by atoms with E-state index in [4.69, 9.17) is 10.3 Å². The van der Waals surface area contributed by atoms with Crippen LogP contribution in [0, 0.1) is 13.8 Å². The SMILES string of the molecule is Cc1ccccc1CSCc1cc(C)c(C(=O)NN)o1. The van der Waals surface area contributed by atoms with Crippen LogP contribution in [0.3, 0.4) is 0 Å². The first-order valence-electron chi connectivity index (χ1n) is 6.34. The molecule has 0 saturated heterocycles. The van der Waals surface area contributed by atoms with E-state index in [2.05, 4.69) is 24.5 Å². The normalized spacial score (nSPS) is 10.6. The van der Waals surface area contributed by atoms with Gasteiger partial charge in [0.05, 0.1) is 5.75 Å². The molecule has 0 aliphatic carbocycles. The lowest BCUT2D eigenvalue weighted by Crippen LogP contribution is -2.30. The fourth-order valence-electron chi connectivity index (χ4n) is 1.94. The third kappa shape index (κ3) is 3.43. The van der Waals surface area contributed by atoms with Gasteiger partial charge < -0.3 is 4.42 Å². The molecule has 4 nitrogen and oxygen atoms in total. The van der Waals surface area contributed by atoms with E-state index in [-0.39, 0.29) is 0 Å². The summed E-state index contributed by atoms with van der Waals surface area (Å²) in [6.45, 7) is 3.94. The Morgan fingerprint density at radius 1 is 1.25 bits per heavy atom. The van der Waals surface area contributed by atoms with Gasteiger partial charge in [0.1, 0.15) is 5.76 Å². The Bertz CT molecular complexity index is 608. The van der Waals surface area contributed by atoms with Gasteiger partial charge in [-0.1, -0.05) is 24.3 Å². The molecule has 2 aromatic rings. The second-order valence-corrected chi connectivity index (χ2v) is 5.60. The number of carbonyl (C=O) groups is 1. The van der Waals surface area contributed by atoms with Gasteiger partial charge >= 0.3 is 5.91 Å². The number of hydrogen-bond donors (Lipinski definition) is 2. The lowest BCUT2D eigenvalue weighted by molar-refractivity contribution is 0.0923. The lowest BCUT2D eigenvalue weighted by Gasteiger charge is -2.04. The maximum atomic E-state index is 11.5. The smallest absolute Gasteiger partial charge is 0.301 e. The lowest BCUT2D eigenvalue weighted by atomic mass is 10.1. The van der Waals surface area contributed by atoms with Crippen LogP contribution in [0.2, 0.25) is 0 Å². The first-order chi connectivity index (χ1) is 9.61. The fraction of sp³-hybridized carbons (Fsp3) is 0.267. The van der Waals surface area contributed by atoms with Gasteiger partial charge in [0.15, 0.2) is 5.76 Å². The molecule has 0 radical (unpaired) electrons. The zero-order valence-corrected chi connectivity index (χ0v) is 12.4. The van der Waals surface area contributed by atoms with Gasteiger partial charge in [-0.15, -0.1) is 11.8 Å². The summed E-state index contributed by atoms with van der Waals surface area (Å²) in [6.07, 6.45) is 0. The zero-order chi connectivity index (χ0) is 14.5. The van der Waals surface area contributed by atoms with E-state index in [1.165, 1.54) is 11.1 Å². The number of hydrogen-bond acceptors (Lipinski definition) is 4. The fourth-order valence-corrected chi connectivity index (χ4v) is 2.93. The molecule has 5 heteroatoms. The summed E-state index contributed by atoms with van der Waals surface area (Å²) in [5.41, 5.74) is 5.50. The predicted octanol–water partition coefficient (Wildman–Crippen LogP) is 2.93. The first-order valence-corrected chi connectivity index (χ1v) is 7.49. The molecular weight excluding hydrogens is 272 g/mol. The number of thioether (sulfide) groups is 1. The third-order valence-electron chi connectivity index (χ3n) is 3.07. The van der Waals surface area contributed by atoms with Crippen LogP contribution in [0.4, 0.5) is 0 Å². The number of aryl methyl sites for hydroxylation is 2. The van der Waals surface area contributed by atoms with Gasteiger partial charge in [-0.25, -0.2) is 5.84 Å². The Labute approximate surface area is 122 Å². The first kappa shape index (κ1) is 14.7. The van der Waals surface area contributed by atoms with Crippen molar-refractivity contribution in [3.63, 3.8) is 0 Å². The molecule has 0 aliphatic rings. The van der Waals surface area contributed by atoms with Crippen molar-refractivity contribution in [1.82, 2.24) is 5.43 Å². The van der Waals surface area contributed by atoms with Gasteiger partial charge in [0.25, 0.3) is 0 Å². The quantitative estimate of drug-likeness (QED) is 0.505. The summed E-state index contributed by atoms with van der Waals surface area (Å²) in [6, 6.07) is 10.2. The molecule has 0 fully saturated rings. The molecule has 3 N–H and O–H groups in total. The molecule has 1 heterocycles. The molecular formula is C15H18N2O2S. The van der Waals surface area contributed by atoms with Crippen LogP contribution in [0.5, 0.6) is 0 Å². The summed E-state index contributed by atoms with van der Waals surface area (Å²) >= 11 is 1.76. The van der Waals surface area contributed by atoms with E-state index in [0.29, 0.717) is 5.76 Å². The van der Waals surface area contributed by atoms with Crippen molar-refractivity contribution in [3.05, 3.63) is 58.5 Å². The van der Waals surface area contributed by atoms with Gasteiger partial charge in [0.2, 0.25) is 0 Å². The number of carbonyl (C=O) groups excluding carboxylic acids is 1. The summed E-state index contributed by atoms with van der Waals surface area (Å²) in [5.74, 6) is 7.45. The molecule has 2 rings (SSSR count). The number of hydrazine groups is 1. The van der Waals surface area contributed by atoms with Crippen molar-refractivity contribution in [3.8, 4) is 0 Å². The number of amides is 1. The van der Waals surface area contributed by atoms with Gasteiger partial charge in [-0.2, -0.15) is 0 Å². The minimum absolute atomic E-state index is 0.291. The second-order valence-electron chi connectivity index (χ2n) is 4.62. The highest BCUT2D eigenvalue weighted by Gasteiger charge is 2.14. The average molecular weight is 290 g/mol. The van der Waals surface area contributed by atoms with Crippen LogP contribution in [-0.2, 0) is 11.5 Å². The van der Waals surface area contributed by atoms with Crippen LogP contribution >= 0.6 is 11.8 Å². The maximum absolute atomic E-state index is 11.5. The number of nitrogen functional groups attached to an aromatic ring is 1. The largest absolute Gasteiger partial charge is 0.455 e. The topological polar surface area (TPSA) is 68.3 Å². The molecule has 0 unspecified atom stereocenters. The van der Waals surface area contributed by atoms with Gasteiger partial charge in [-0.05, 0) is 31.0 Å². The Kier molecular flexibility index (Phi) is 4.87. The maximum Gasteiger partial charge on any atom is 0.301 e. The standard InChI is InChI=1S/C15H18N2O2S/c1-10-5-3-4-6-12(10)8-20-9-13-7-11(2)14(19-13)15(18)17-16/h3-7H,8-9,16H2,1-2H3,(H,17,18). The minimum Gasteiger partial charge on any atom is -0.455 e. The van der Waals surface area contributed by atoms with Crippen molar-refractivity contribution in [2.45, 2.75) is 25.4 Å². The monoisotopic (exact) mass is 290 g/mol. The number of nitrogens with two attached hydrogens (primary N) is 1. The summed E-state index contributed by atoms with van der Waals surface area (Å²) in [4.78, 5) is 11.5. The molecule has 1 aromatic heterocycles. The van der Waals surface area contributed by atoms with Crippen molar-refractivity contribution < 1.29 is 9.21 Å². The van der Waals surface area contributed by atoms with Crippen LogP contribution in [0.25, 0.3) is 0 Å². The highest BCUT2D eigenvalue weighted by Crippen LogP contribution is 2.23. The Hall–Kier alpha value is -1.72. The summed E-state index contributed by atoms with van der Waals surface area (Å²) < 4.78 is 5.52. The van der Waals surface area contributed by atoms with E-state index in [1.54, 1.807) is 11.8 Å². The Morgan fingerprint density at radius 3 is 2.70 bits per heavy atom. The minimum atomic E-state index is -0.391. The zero-order valence-electron chi connectivity index (χ0n) is 11.6. The van der Waals surface area contributed by atoms with Crippen LogP contribution in [0.1, 0.15) is 33.0 Å². The number of benzene rings is 1. The van der Waals surface area contributed by atoms with Crippen molar-refractivity contribution in [2.75, 3.05) is 0 Å². The molecule has 1 aromatic carbocycles. The summed E-state index contributed by atoms with van der Waals surface area (Å²) in [7, 11) is 0. The Balaban J connectivity index is 1.95. The molecule has 0 spiro atoms. The van der Waals surface area contributed by atoms with Crippen molar-refractivity contribution >= 4 is 17.7 Å². The molecule has 0 aliphatic heterocycles. The Morgan fingerprint density at radius 2 is 2.00 bits per heavy atom. The van der Waals surface area contributed by atoms with Crippen LogP contribution in [0.15, 0.2) is 34.7 Å². The van der Waals surface area contributed by atoms with Crippen molar-refractivity contribution in [2.24, 2.45) is 5.84 Å². The molecule has 1 amide bonds. The van der Waals surface area contributed by atoms with E-state index in [0.717, 1.165) is 22.8 Å². The van der Waals surface area contributed by atoms with Crippen LogP contribution in [-0.4, -0.2) is 5.91 Å². The van der Waals surface area contributed by atoms with Gasteiger partial charge in [-0.3, -0.25) is 10.2 Å². The molecule has 0 saturated carbocycles. The highest BCUT2D eigenvalue weighted by atomic mass is 32.2. The third-order valence-corrected chi connectivity index (χ3v) is 4.07. The highest BCUT2D eigenvalue weighted by molar-refractivity contribution is 7.97. The molecule has 0 bridgehead atoms. The predicted molar refractivity (Wildman–Crippen MR) is 81.3 cm³/mol. The second kappa shape index (κ2) is 6.63. The molecule has 106 valence electrons. The average Bonchev–Trinajstić information content (AvgIpc) is 2.81. The molecule has 0 atom stereocenters. The van der Waals surface area contributed by atoms with Crippen LogP contribution < -0.4 is 11.3 Å². The number of nitrogens with one attached hydrogen (secondary N) is 1. The van der Waals surface area contributed by atoms with E-state index >= 15 is 0 Å². The van der Waals surface area contributed by atoms with E-state index in [9.17, 15) is 4.79 Å². The molecule has 20 heavy (non-hydrogen) atoms. The van der Waals surface area contributed by atoms with E-state index in [1.807, 2.05) is 25.1 Å². The van der Waals surface area contributed by atoms with Crippen molar-refractivity contribution in [1.29, 1.82) is 0 Å². The number of rotatable bonds is 5. The van der Waals surface area contributed by atoms with Gasteiger partial charge in [0, 0.05) is 11.3 Å².